The van der Waals surface area contributed by atoms with Crippen molar-refractivity contribution in [1.29, 1.82) is 10.5 Å². The molecule has 2 rings (SSSR count). The molecule has 0 bridgehead atoms. The first-order valence-corrected chi connectivity index (χ1v) is 5.25. The summed E-state index contributed by atoms with van der Waals surface area (Å²) in [5.74, 6) is 0. The third kappa shape index (κ3) is 1.95. The van der Waals surface area contributed by atoms with Gasteiger partial charge in [-0.25, -0.2) is 0 Å². The molecule has 86 valence electrons. The molecule has 2 aromatic carbocycles. The van der Waals surface area contributed by atoms with Crippen LogP contribution < -0.4 is 11.5 Å². The van der Waals surface area contributed by atoms with Gasteiger partial charge in [-0.2, -0.15) is 10.5 Å². The van der Waals surface area contributed by atoms with Crippen molar-refractivity contribution < 1.29 is 0 Å². The molecule has 0 aliphatic carbocycles. The molecule has 0 atom stereocenters. The van der Waals surface area contributed by atoms with Crippen molar-refractivity contribution in [2.45, 2.75) is 0 Å². The largest absolute Gasteiger partial charge is 0.399 e. The van der Waals surface area contributed by atoms with Crippen LogP contribution in [0.1, 0.15) is 11.1 Å². The Hall–Kier alpha value is -2.98. The number of rotatable bonds is 1. The minimum absolute atomic E-state index is 0.441. The van der Waals surface area contributed by atoms with Gasteiger partial charge in [0.1, 0.15) is 0 Å². The highest BCUT2D eigenvalue weighted by atomic mass is 14.5. The maximum absolute atomic E-state index is 9.11. The molecule has 0 aliphatic rings. The van der Waals surface area contributed by atoms with Gasteiger partial charge in [-0.3, -0.25) is 0 Å². The van der Waals surface area contributed by atoms with Crippen LogP contribution in [0.25, 0.3) is 11.1 Å². The summed E-state index contributed by atoms with van der Waals surface area (Å²) in [4.78, 5) is 0. The Morgan fingerprint density at radius 1 is 0.722 bits per heavy atom. The molecule has 0 aliphatic heterocycles. The Balaban J connectivity index is 2.71. The van der Waals surface area contributed by atoms with E-state index in [2.05, 4.69) is 12.1 Å². The van der Waals surface area contributed by atoms with Gasteiger partial charge in [-0.05, 0) is 24.3 Å². The highest BCUT2D eigenvalue weighted by molar-refractivity contribution is 5.78. The molecule has 0 heterocycles. The fourth-order valence-electron chi connectivity index (χ4n) is 1.78. The van der Waals surface area contributed by atoms with Gasteiger partial charge in [-0.15, -0.1) is 0 Å². The predicted molar refractivity (Wildman–Crippen MR) is 70.1 cm³/mol. The van der Waals surface area contributed by atoms with Crippen LogP contribution in [0.2, 0.25) is 0 Å². The quantitative estimate of drug-likeness (QED) is 0.739. The Labute approximate surface area is 105 Å². The summed E-state index contributed by atoms with van der Waals surface area (Å²) in [6, 6.07) is 14.2. The fourth-order valence-corrected chi connectivity index (χ4v) is 1.78. The molecule has 4 N–H and O–H groups in total. The lowest BCUT2D eigenvalue weighted by molar-refractivity contribution is 1.45. The molecule has 0 unspecified atom stereocenters. The molecule has 0 radical (unpaired) electrons. The molecule has 0 aromatic heterocycles. The lowest BCUT2D eigenvalue weighted by Gasteiger charge is -2.08. The topological polar surface area (TPSA) is 99.6 Å². The maximum atomic E-state index is 9.11. The van der Waals surface area contributed by atoms with Gasteiger partial charge in [0.05, 0.1) is 23.3 Å². The first-order valence-electron chi connectivity index (χ1n) is 5.25. The molecular weight excluding hydrogens is 224 g/mol. The van der Waals surface area contributed by atoms with Crippen LogP contribution in [-0.4, -0.2) is 0 Å². The Morgan fingerprint density at radius 2 is 1.11 bits per heavy atom. The van der Waals surface area contributed by atoms with E-state index in [0.717, 1.165) is 0 Å². The third-order valence-corrected chi connectivity index (χ3v) is 2.62. The average Bonchev–Trinajstić information content (AvgIpc) is 2.38. The molecule has 18 heavy (non-hydrogen) atoms. The summed E-state index contributed by atoms with van der Waals surface area (Å²) >= 11 is 0. The van der Waals surface area contributed by atoms with Crippen molar-refractivity contribution in [3.8, 4) is 23.3 Å². The van der Waals surface area contributed by atoms with Crippen molar-refractivity contribution in [2.24, 2.45) is 0 Å². The normalized spacial score (nSPS) is 9.44. The molecule has 0 amide bonds. The van der Waals surface area contributed by atoms with Crippen molar-refractivity contribution in [1.82, 2.24) is 0 Å². The number of nitriles is 2. The van der Waals surface area contributed by atoms with E-state index in [9.17, 15) is 0 Å². The van der Waals surface area contributed by atoms with Gasteiger partial charge in [0.25, 0.3) is 0 Å². The van der Waals surface area contributed by atoms with Crippen molar-refractivity contribution >= 4 is 11.4 Å². The second-order valence-corrected chi connectivity index (χ2v) is 3.83. The monoisotopic (exact) mass is 234 g/mol. The summed E-state index contributed by atoms with van der Waals surface area (Å²) < 4.78 is 0. The molecule has 4 nitrogen and oxygen atoms in total. The van der Waals surface area contributed by atoms with Crippen LogP contribution in [0.15, 0.2) is 36.4 Å². The highest BCUT2D eigenvalue weighted by Crippen LogP contribution is 2.29. The minimum Gasteiger partial charge on any atom is -0.399 e. The number of nitrogen functional groups attached to an aromatic ring is 2. The number of nitrogens with zero attached hydrogens (tertiary/aromatic N) is 2. The third-order valence-electron chi connectivity index (χ3n) is 2.62. The molecule has 4 heteroatoms. The zero-order chi connectivity index (χ0) is 13.1. The van der Waals surface area contributed by atoms with E-state index in [1.54, 1.807) is 36.4 Å². The van der Waals surface area contributed by atoms with Gasteiger partial charge >= 0.3 is 0 Å². The zero-order valence-corrected chi connectivity index (χ0v) is 9.51. The van der Waals surface area contributed by atoms with E-state index in [1.807, 2.05) is 0 Å². The second-order valence-electron chi connectivity index (χ2n) is 3.83. The lowest BCUT2D eigenvalue weighted by atomic mass is 9.95. The van der Waals surface area contributed by atoms with E-state index in [0.29, 0.717) is 33.6 Å². The maximum Gasteiger partial charge on any atom is 0.0998 e. The van der Waals surface area contributed by atoms with Gasteiger partial charge in [-0.1, -0.05) is 12.1 Å². The summed E-state index contributed by atoms with van der Waals surface area (Å²) in [6.07, 6.45) is 0. The van der Waals surface area contributed by atoms with Gasteiger partial charge in [0.2, 0.25) is 0 Å². The smallest absolute Gasteiger partial charge is 0.0998 e. The molecule has 2 aromatic rings. The van der Waals surface area contributed by atoms with Gasteiger partial charge in [0.15, 0.2) is 0 Å². The molecule has 0 fully saturated rings. The molecule has 0 spiro atoms. The van der Waals surface area contributed by atoms with E-state index in [4.69, 9.17) is 22.0 Å². The summed E-state index contributed by atoms with van der Waals surface area (Å²) in [7, 11) is 0. The first kappa shape index (κ1) is 11.5. The number of benzene rings is 2. The Kier molecular flexibility index (Phi) is 2.87. The number of hydrogen-bond donors (Lipinski definition) is 2. The van der Waals surface area contributed by atoms with Crippen LogP contribution in [-0.2, 0) is 0 Å². The second kappa shape index (κ2) is 4.48. The average molecular weight is 234 g/mol. The minimum atomic E-state index is 0.441. The zero-order valence-electron chi connectivity index (χ0n) is 9.51. The molecular formula is C14H10N4. The standard InChI is InChI=1S/C14H10N4/c15-7-9-5-11(17)1-3-13(9)14-4-2-12(18)6-10(14)8-16/h1-6H,17-18H2. The van der Waals surface area contributed by atoms with Crippen LogP contribution in [0.5, 0.6) is 0 Å². The van der Waals surface area contributed by atoms with E-state index in [-0.39, 0.29) is 0 Å². The summed E-state index contributed by atoms with van der Waals surface area (Å²) in [5.41, 5.74) is 14.6. The lowest BCUT2D eigenvalue weighted by Crippen LogP contribution is -1.93. The van der Waals surface area contributed by atoms with E-state index in [1.165, 1.54) is 0 Å². The Bertz CT molecular complexity index is 628. The molecule has 0 saturated heterocycles. The SMILES string of the molecule is N#Cc1cc(N)ccc1-c1ccc(N)cc1C#N. The summed E-state index contributed by atoms with van der Waals surface area (Å²) in [6.45, 7) is 0. The van der Waals surface area contributed by atoms with E-state index >= 15 is 0 Å². The number of nitrogens with two attached hydrogens (primary N) is 2. The number of hydrogen-bond acceptors (Lipinski definition) is 4. The van der Waals surface area contributed by atoms with Gasteiger partial charge < -0.3 is 11.5 Å². The van der Waals surface area contributed by atoms with Gasteiger partial charge in [0, 0.05) is 22.5 Å². The van der Waals surface area contributed by atoms with Crippen molar-refractivity contribution in [3.05, 3.63) is 47.5 Å². The molecule has 0 saturated carbocycles. The van der Waals surface area contributed by atoms with Crippen LogP contribution in [0.3, 0.4) is 0 Å². The fraction of sp³-hybridized carbons (Fsp3) is 0. The van der Waals surface area contributed by atoms with Crippen LogP contribution >= 0.6 is 0 Å². The first-order chi connectivity index (χ1) is 8.65. The van der Waals surface area contributed by atoms with Crippen LogP contribution in [0, 0.1) is 22.7 Å². The Morgan fingerprint density at radius 3 is 1.44 bits per heavy atom. The summed E-state index contributed by atoms with van der Waals surface area (Å²) in [5, 5.41) is 18.2. The van der Waals surface area contributed by atoms with E-state index < -0.39 is 0 Å². The number of anilines is 2. The van der Waals surface area contributed by atoms with Crippen molar-refractivity contribution in [3.63, 3.8) is 0 Å². The van der Waals surface area contributed by atoms with Crippen molar-refractivity contribution in [2.75, 3.05) is 11.5 Å². The predicted octanol–water partition coefficient (Wildman–Crippen LogP) is 2.26. The van der Waals surface area contributed by atoms with Crippen LogP contribution in [0.4, 0.5) is 11.4 Å². The highest BCUT2D eigenvalue weighted by Gasteiger charge is 2.10.